The van der Waals surface area contributed by atoms with Gasteiger partial charge in [0.2, 0.25) is 10.0 Å². The summed E-state index contributed by atoms with van der Waals surface area (Å²) < 4.78 is 26.5. The Labute approximate surface area is 106 Å². The Morgan fingerprint density at radius 2 is 2.35 bits per heavy atom. The molecule has 6 heteroatoms. The van der Waals surface area contributed by atoms with Gasteiger partial charge < -0.3 is 5.32 Å². The Hall–Kier alpha value is -0.430. The summed E-state index contributed by atoms with van der Waals surface area (Å²) in [6, 6.07) is 2.02. The number of hydrogen-bond donors (Lipinski definition) is 2. The second kappa shape index (κ2) is 5.48. The van der Waals surface area contributed by atoms with Gasteiger partial charge in [0.15, 0.2) is 0 Å². The summed E-state index contributed by atoms with van der Waals surface area (Å²) >= 11 is 1.73. The van der Waals surface area contributed by atoms with E-state index in [0.29, 0.717) is 6.54 Å². The first-order chi connectivity index (χ1) is 8.12. The van der Waals surface area contributed by atoms with Crippen LogP contribution >= 0.6 is 11.3 Å². The Morgan fingerprint density at radius 3 is 3.12 bits per heavy atom. The molecule has 1 aromatic heterocycles. The lowest BCUT2D eigenvalue weighted by atomic mass is 9.95. The van der Waals surface area contributed by atoms with Crippen molar-refractivity contribution in [1.29, 1.82) is 0 Å². The molecule has 0 amide bonds. The number of rotatable bonds is 5. The molecule has 0 bridgehead atoms. The Balaban J connectivity index is 2.06. The van der Waals surface area contributed by atoms with E-state index < -0.39 is 10.0 Å². The van der Waals surface area contributed by atoms with Crippen LogP contribution in [0.5, 0.6) is 0 Å². The Morgan fingerprint density at radius 1 is 1.53 bits per heavy atom. The molecule has 1 aliphatic rings. The summed E-state index contributed by atoms with van der Waals surface area (Å²) in [6.45, 7) is 0.485. The highest BCUT2D eigenvalue weighted by molar-refractivity contribution is 7.89. The van der Waals surface area contributed by atoms with Gasteiger partial charge in [-0.1, -0.05) is 0 Å². The average Bonchev–Trinajstić information content (AvgIpc) is 2.75. The highest BCUT2D eigenvalue weighted by atomic mass is 32.2. The first-order valence-electron chi connectivity index (χ1n) is 5.83. The third kappa shape index (κ3) is 3.28. The fraction of sp³-hybridized carbons (Fsp3) is 0.636. The minimum absolute atomic E-state index is 0.0214. The third-order valence-electron chi connectivity index (χ3n) is 2.99. The molecule has 0 radical (unpaired) electrons. The number of thiophene rings is 1. The molecule has 0 aromatic carbocycles. The first kappa shape index (κ1) is 13.0. The molecule has 0 saturated carbocycles. The van der Waals surface area contributed by atoms with E-state index in [1.807, 2.05) is 11.4 Å². The van der Waals surface area contributed by atoms with Crippen molar-refractivity contribution >= 4 is 21.4 Å². The maximum absolute atomic E-state index is 11.8. The summed E-state index contributed by atoms with van der Waals surface area (Å²) in [6.07, 6.45) is 3.05. The van der Waals surface area contributed by atoms with Gasteiger partial charge in [-0.25, -0.2) is 13.1 Å². The van der Waals surface area contributed by atoms with E-state index in [4.69, 9.17) is 0 Å². The van der Waals surface area contributed by atoms with Crippen molar-refractivity contribution in [3.63, 3.8) is 0 Å². The summed E-state index contributed by atoms with van der Waals surface area (Å²) in [7, 11) is -1.41. The third-order valence-corrected chi connectivity index (χ3v) is 5.38. The van der Waals surface area contributed by atoms with E-state index in [1.165, 1.54) is 10.4 Å². The molecule has 0 spiro atoms. The summed E-state index contributed by atoms with van der Waals surface area (Å²) in [5, 5.41) is 4.90. The zero-order valence-electron chi connectivity index (χ0n) is 9.90. The Bertz CT molecular complexity index is 468. The van der Waals surface area contributed by atoms with Crippen LogP contribution in [0, 0.1) is 0 Å². The number of aryl methyl sites for hydroxylation is 1. The molecule has 1 heterocycles. The van der Waals surface area contributed by atoms with Crippen LogP contribution in [0.1, 0.15) is 29.3 Å². The number of sulfonamides is 1. The standard InChI is InChI=1S/C11H18N2O2S2/c1-12-6-8-17(14,15)13-10-3-2-4-11-9(10)5-7-16-11/h5,7,10,12-13H,2-4,6,8H2,1H3. The number of fused-ring (bicyclic) bond motifs is 1. The molecule has 1 unspecified atom stereocenters. The molecule has 96 valence electrons. The molecule has 0 saturated heterocycles. The smallest absolute Gasteiger partial charge is 0.213 e. The predicted octanol–water partition coefficient (Wildman–Crippen LogP) is 1.26. The lowest BCUT2D eigenvalue weighted by Gasteiger charge is -2.23. The van der Waals surface area contributed by atoms with Crippen molar-refractivity contribution in [2.75, 3.05) is 19.3 Å². The molecule has 1 aromatic rings. The highest BCUT2D eigenvalue weighted by Gasteiger charge is 2.24. The topological polar surface area (TPSA) is 58.2 Å². The van der Waals surface area contributed by atoms with Crippen LogP contribution in [0.25, 0.3) is 0 Å². The largest absolute Gasteiger partial charge is 0.319 e. The SMILES string of the molecule is CNCCS(=O)(=O)NC1CCCc2sccc21. The van der Waals surface area contributed by atoms with E-state index in [-0.39, 0.29) is 11.8 Å². The van der Waals surface area contributed by atoms with E-state index >= 15 is 0 Å². The molecule has 1 atom stereocenters. The normalized spacial score (nSPS) is 20.2. The molecule has 4 nitrogen and oxygen atoms in total. The molecular formula is C11H18N2O2S2. The van der Waals surface area contributed by atoms with Crippen LogP contribution in [0.4, 0.5) is 0 Å². The monoisotopic (exact) mass is 274 g/mol. The zero-order valence-corrected chi connectivity index (χ0v) is 11.5. The lowest BCUT2D eigenvalue weighted by molar-refractivity contribution is 0.510. The fourth-order valence-corrected chi connectivity index (χ4v) is 4.38. The van der Waals surface area contributed by atoms with Gasteiger partial charge in [-0.2, -0.15) is 0 Å². The van der Waals surface area contributed by atoms with Gasteiger partial charge in [-0.3, -0.25) is 0 Å². The average molecular weight is 274 g/mol. The molecule has 0 aliphatic heterocycles. The quantitative estimate of drug-likeness (QED) is 0.850. The molecule has 0 fully saturated rings. The van der Waals surface area contributed by atoms with Crippen LogP contribution in [0.15, 0.2) is 11.4 Å². The number of hydrogen-bond acceptors (Lipinski definition) is 4. The zero-order chi connectivity index (χ0) is 12.3. The van der Waals surface area contributed by atoms with Crippen LogP contribution in [0.3, 0.4) is 0 Å². The van der Waals surface area contributed by atoms with Crippen LogP contribution < -0.4 is 10.0 Å². The van der Waals surface area contributed by atoms with Gasteiger partial charge in [0.05, 0.1) is 5.75 Å². The van der Waals surface area contributed by atoms with E-state index in [0.717, 1.165) is 19.3 Å². The van der Waals surface area contributed by atoms with Gasteiger partial charge >= 0.3 is 0 Å². The van der Waals surface area contributed by atoms with Gasteiger partial charge in [-0.15, -0.1) is 11.3 Å². The van der Waals surface area contributed by atoms with Crippen molar-refractivity contribution in [2.45, 2.75) is 25.3 Å². The van der Waals surface area contributed by atoms with Crippen LogP contribution in [0.2, 0.25) is 0 Å². The molecular weight excluding hydrogens is 256 g/mol. The second-order valence-electron chi connectivity index (χ2n) is 4.28. The maximum Gasteiger partial charge on any atom is 0.213 e. The second-order valence-corrected chi connectivity index (χ2v) is 7.16. The van der Waals surface area contributed by atoms with Crippen molar-refractivity contribution in [1.82, 2.24) is 10.0 Å². The highest BCUT2D eigenvalue weighted by Crippen LogP contribution is 2.33. The molecule has 2 N–H and O–H groups in total. The van der Waals surface area contributed by atoms with E-state index in [9.17, 15) is 8.42 Å². The first-order valence-corrected chi connectivity index (χ1v) is 8.36. The van der Waals surface area contributed by atoms with Gasteiger partial charge in [-0.05, 0) is 43.3 Å². The number of nitrogens with one attached hydrogen (secondary N) is 2. The van der Waals surface area contributed by atoms with E-state index in [1.54, 1.807) is 18.4 Å². The molecule has 17 heavy (non-hydrogen) atoms. The van der Waals surface area contributed by atoms with Crippen molar-refractivity contribution in [2.24, 2.45) is 0 Å². The van der Waals surface area contributed by atoms with Crippen molar-refractivity contribution in [3.8, 4) is 0 Å². The predicted molar refractivity (Wildman–Crippen MR) is 70.8 cm³/mol. The van der Waals surface area contributed by atoms with Gasteiger partial charge in [0.1, 0.15) is 0 Å². The van der Waals surface area contributed by atoms with Gasteiger partial charge in [0, 0.05) is 17.5 Å². The van der Waals surface area contributed by atoms with E-state index in [2.05, 4.69) is 10.0 Å². The minimum atomic E-state index is -3.17. The van der Waals surface area contributed by atoms with Gasteiger partial charge in [0.25, 0.3) is 0 Å². The maximum atomic E-state index is 11.8. The molecule has 2 rings (SSSR count). The summed E-state index contributed by atoms with van der Waals surface area (Å²) in [4.78, 5) is 1.33. The van der Waals surface area contributed by atoms with Crippen LogP contribution in [-0.2, 0) is 16.4 Å². The van der Waals surface area contributed by atoms with Crippen molar-refractivity contribution < 1.29 is 8.42 Å². The van der Waals surface area contributed by atoms with Crippen LogP contribution in [-0.4, -0.2) is 27.8 Å². The van der Waals surface area contributed by atoms with Crippen molar-refractivity contribution in [3.05, 3.63) is 21.9 Å². The Kier molecular flexibility index (Phi) is 4.19. The fourth-order valence-electron chi connectivity index (χ4n) is 2.12. The molecule has 1 aliphatic carbocycles. The minimum Gasteiger partial charge on any atom is -0.319 e. The summed E-state index contributed by atoms with van der Waals surface area (Å²) in [5.41, 5.74) is 1.18. The lowest BCUT2D eigenvalue weighted by Crippen LogP contribution is -2.34. The summed E-state index contributed by atoms with van der Waals surface area (Å²) in [5.74, 6) is 0.138.